The summed E-state index contributed by atoms with van der Waals surface area (Å²) >= 11 is 0. The number of fused-ring (bicyclic) bond motifs is 1. The molecule has 0 saturated carbocycles. The lowest BCUT2D eigenvalue weighted by Gasteiger charge is -2.39. The second-order valence-corrected chi connectivity index (χ2v) is 5.14. The van der Waals surface area contributed by atoms with E-state index in [1.807, 2.05) is 19.4 Å². The van der Waals surface area contributed by atoms with Crippen molar-refractivity contribution >= 4 is 10.8 Å². The minimum Gasteiger partial charge on any atom is -0.376 e. The highest BCUT2D eigenvalue weighted by atomic mass is 16.5. The van der Waals surface area contributed by atoms with Crippen molar-refractivity contribution in [2.45, 2.75) is 38.3 Å². The number of benzene rings is 1. The average molecular weight is 272 g/mol. The summed E-state index contributed by atoms with van der Waals surface area (Å²) < 4.78 is 5.91. The van der Waals surface area contributed by atoms with E-state index in [4.69, 9.17) is 4.74 Å². The van der Waals surface area contributed by atoms with Gasteiger partial charge in [-0.1, -0.05) is 32.0 Å². The van der Waals surface area contributed by atoms with Crippen LogP contribution in [-0.2, 0) is 4.74 Å². The van der Waals surface area contributed by atoms with Crippen molar-refractivity contribution in [3.8, 4) is 0 Å². The summed E-state index contributed by atoms with van der Waals surface area (Å²) in [5.74, 6) is 0. The number of nitrogens with one attached hydrogen (secondary N) is 1. The largest absolute Gasteiger partial charge is 0.376 e. The first kappa shape index (κ1) is 14.9. The third-order valence-electron chi connectivity index (χ3n) is 4.45. The Kier molecular flexibility index (Phi) is 4.73. The number of nitrogens with zero attached hydrogens (tertiary/aromatic N) is 1. The minimum atomic E-state index is -0.196. The molecule has 0 bridgehead atoms. The lowest BCUT2D eigenvalue weighted by atomic mass is 9.82. The molecule has 20 heavy (non-hydrogen) atoms. The van der Waals surface area contributed by atoms with Crippen LogP contribution in [0.3, 0.4) is 0 Å². The molecule has 2 aromatic rings. The smallest absolute Gasteiger partial charge is 0.0867 e. The van der Waals surface area contributed by atoms with Crippen molar-refractivity contribution in [1.82, 2.24) is 10.3 Å². The van der Waals surface area contributed by atoms with Crippen LogP contribution in [0.2, 0.25) is 0 Å². The van der Waals surface area contributed by atoms with E-state index < -0.39 is 0 Å². The number of ether oxygens (including phenoxy) is 1. The normalized spacial score (nSPS) is 13.6. The van der Waals surface area contributed by atoms with E-state index >= 15 is 0 Å². The van der Waals surface area contributed by atoms with E-state index in [9.17, 15) is 0 Å². The van der Waals surface area contributed by atoms with Crippen LogP contribution in [0.25, 0.3) is 10.8 Å². The molecule has 0 amide bonds. The Morgan fingerprint density at radius 3 is 2.60 bits per heavy atom. The lowest BCUT2D eigenvalue weighted by Crippen LogP contribution is -2.43. The summed E-state index contributed by atoms with van der Waals surface area (Å²) in [4.78, 5) is 4.28. The molecule has 0 aliphatic heterocycles. The fourth-order valence-electron chi connectivity index (χ4n) is 3.16. The van der Waals surface area contributed by atoms with Crippen molar-refractivity contribution in [2.24, 2.45) is 0 Å². The van der Waals surface area contributed by atoms with E-state index in [-0.39, 0.29) is 11.6 Å². The molecule has 0 fully saturated rings. The van der Waals surface area contributed by atoms with Gasteiger partial charge in [0.25, 0.3) is 0 Å². The number of rotatable bonds is 6. The van der Waals surface area contributed by atoms with Gasteiger partial charge >= 0.3 is 0 Å². The van der Waals surface area contributed by atoms with Gasteiger partial charge in [-0.05, 0) is 36.9 Å². The van der Waals surface area contributed by atoms with Crippen LogP contribution < -0.4 is 5.32 Å². The summed E-state index contributed by atoms with van der Waals surface area (Å²) in [5, 5.41) is 5.86. The maximum Gasteiger partial charge on any atom is 0.0867 e. The van der Waals surface area contributed by atoms with Crippen LogP contribution in [0.5, 0.6) is 0 Å². The Balaban J connectivity index is 2.60. The van der Waals surface area contributed by atoms with Crippen LogP contribution in [0.4, 0.5) is 0 Å². The predicted octanol–water partition coefficient (Wildman–Crippen LogP) is 3.70. The van der Waals surface area contributed by atoms with Crippen LogP contribution in [0.15, 0.2) is 36.7 Å². The third-order valence-corrected chi connectivity index (χ3v) is 4.45. The lowest BCUT2D eigenvalue weighted by molar-refractivity contribution is -0.0464. The molecule has 3 heteroatoms. The molecule has 1 heterocycles. The van der Waals surface area contributed by atoms with Gasteiger partial charge in [0.15, 0.2) is 0 Å². The fraction of sp³-hybridized carbons (Fsp3) is 0.471. The molecule has 108 valence electrons. The number of pyridine rings is 1. The predicted molar refractivity (Wildman–Crippen MR) is 83.9 cm³/mol. The molecule has 1 aromatic carbocycles. The van der Waals surface area contributed by atoms with Crippen molar-refractivity contribution in [2.75, 3.05) is 14.2 Å². The molecule has 3 nitrogen and oxygen atoms in total. The summed E-state index contributed by atoms with van der Waals surface area (Å²) in [6.07, 6.45) is 5.70. The van der Waals surface area contributed by atoms with Gasteiger partial charge in [-0.2, -0.15) is 0 Å². The highest BCUT2D eigenvalue weighted by Gasteiger charge is 2.36. The van der Waals surface area contributed by atoms with Crippen molar-refractivity contribution < 1.29 is 4.74 Å². The zero-order valence-corrected chi connectivity index (χ0v) is 12.8. The van der Waals surface area contributed by atoms with E-state index in [0.717, 1.165) is 12.8 Å². The Bertz CT molecular complexity index is 550. The van der Waals surface area contributed by atoms with Crippen LogP contribution in [-0.4, -0.2) is 24.7 Å². The molecule has 1 aromatic heterocycles. The van der Waals surface area contributed by atoms with Crippen molar-refractivity contribution in [3.05, 3.63) is 42.2 Å². The van der Waals surface area contributed by atoms with E-state index in [1.165, 1.54) is 16.3 Å². The molecule has 0 aliphatic carbocycles. The number of hydrogen-bond donors (Lipinski definition) is 1. The summed E-state index contributed by atoms with van der Waals surface area (Å²) in [7, 11) is 3.81. The standard InChI is InChI=1S/C17H24N2O/c1-5-17(6-2,20-4)16(18-3)14-9-7-8-13-10-11-19-12-15(13)14/h7-12,16,18H,5-6H2,1-4H3. The summed E-state index contributed by atoms with van der Waals surface area (Å²) in [6, 6.07) is 8.60. The molecular weight excluding hydrogens is 248 g/mol. The Labute approximate surface area is 121 Å². The first-order chi connectivity index (χ1) is 9.72. The zero-order chi connectivity index (χ0) is 14.6. The zero-order valence-electron chi connectivity index (χ0n) is 12.8. The molecule has 0 radical (unpaired) electrons. The first-order valence-electron chi connectivity index (χ1n) is 7.27. The average Bonchev–Trinajstić information content (AvgIpc) is 2.52. The minimum absolute atomic E-state index is 0.149. The topological polar surface area (TPSA) is 34.1 Å². The van der Waals surface area contributed by atoms with E-state index in [0.29, 0.717) is 0 Å². The Morgan fingerprint density at radius 1 is 1.25 bits per heavy atom. The quantitative estimate of drug-likeness (QED) is 0.870. The summed E-state index contributed by atoms with van der Waals surface area (Å²) in [6.45, 7) is 4.36. The highest BCUT2D eigenvalue weighted by molar-refractivity contribution is 5.85. The van der Waals surface area contributed by atoms with Gasteiger partial charge in [0.2, 0.25) is 0 Å². The van der Waals surface area contributed by atoms with Crippen molar-refractivity contribution in [3.63, 3.8) is 0 Å². The second-order valence-electron chi connectivity index (χ2n) is 5.14. The maximum absolute atomic E-state index is 5.91. The molecular formula is C17H24N2O. The van der Waals surface area contributed by atoms with Gasteiger partial charge in [0.05, 0.1) is 11.6 Å². The van der Waals surface area contributed by atoms with Gasteiger partial charge in [-0.3, -0.25) is 4.98 Å². The molecule has 2 rings (SSSR count). The Morgan fingerprint density at radius 2 is 2.00 bits per heavy atom. The first-order valence-corrected chi connectivity index (χ1v) is 7.27. The van der Waals surface area contributed by atoms with Gasteiger partial charge in [0, 0.05) is 24.9 Å². The SMILES string of the molecule is CCC(CC)(OC)C(NC)c1cccc2ccncc12. The fourth-order valence-corrected chi connectivity index (χ4v) is 3.16. The van der Waals surface area contributed by atoms with E-state index in [2.05, 4.69) is 48.4 Å². The summed E-state index contributed by atoms with van der Waals surface area (Å²) in [5.41, 5.74) is 1.06. The number of hydrogen-bond acceptors (Lipinski definition) is 3. The third kappa shape index (κ3) is 2.43. The van der Waals surface area contributed by atoms with E-state index in [1.54, 1.807) is 7.11 Å². The van der Waals surface area contributed by atoms with Gasteiger partial charge in [-0.25, -0.2) is 0 Å². The number of likely N-dealkylation sites (N-methyl/N-ethyl adjacent to an activating group) is 1. The van der Waals surface area contributed by atoms with Crippen LogP contribution in [0.1, 0.15) is 38.3 Å². The molecule has 1 N–H and O–H groups in total. The van der Waals surface area contributed by atoms with Crippen LogP contribution in [0, 0.1) is 0 Å². The molecule has 1 atom stereocenters. The molecule has 0 saturated heterocycles. The highest BCUT2D eigenvalue weighted by Crippen LogP contribution is 2.37. The maximum atomic E-state index is 5.91. The number of methoxy groups -OCH3 is 1. The Hall–Kier alpha value is -1.45. The van der Waals surface area contributed by atoms with Gasteiger partial charge < -0.3 is 10.1 Å². The monoisotopic (exact) mass is 272 g/mol. The van der Waals surface area contributed by atoms with Crippen LogP contribution >= 0.6 is 0 Å². The molecule has 1 unspecified atom stereocenters. The van der Waals surface area contributed by atoms with Gasteiger partial charge in [-0.15, -0.1) is 0 Å². The number of aromatic nitrogens is 1. The van der Waals surface area contributed by atoms with Gasteiger partial charge in [0.1, 0.15) is 0 Å². The molecule has 0 aliphatic rings. The van der Waals surface area contributed by atoms with Crippen molar-refractivity contribution in [1.29, 1.82) is 0 Å². The molecule has 0 spiro atoms. The second kappa shape index (κ2) is 6.33.